The van der Waals surface area contributed by atoms with E-state index >= 15 is 0 Å². The molecular formula is C16H12N4O. The van der Waals surface area contributed by atoms with Gasteiger partial charge in [0.25, 0.3) is 0 Å². The van der Waals surface area contributed by atoms with Gasteiger partial charge in [-0.3, -0.25) is 5.10 Å². The van der Waals surface area contributed by atoms with E-state index in [1.807, 2.05) is 54.6 Å². The fourth-order valence-electron chi connectivity index (χ4n) is 2.31. The molecule has 0 fully saturated rings. The fourth-order valence-corrected chi connectivity index (χ4v) is 2.31. The van der Waals surface area contributed by atoms with Crippen LogP contribution in [0.15, 0.2) is 59.1 Å². The lowest BCUT2D eigenvalue weighted by molar-refractivity contribution is 0.447. The van der Waals surface area contributed by atoms with Crippen LogP contribution < -0.4 is 0 Å². The Morgan fingerprint density at radius 3 is 2.67 bits per heavy atom. The molecule has 21 heavy (non-hydrogen) atoms. The maximum Gasteiger partial charge on any atom is 0.181 e. The Hall–Kier alpha value is -2.95. The molecule has 0 radical (unpaired) electrons. The van der Waals surface area contributed by atoms with Crippen LogP contribution in [-0.2, 0) is 6.42 Å². The Balaban J connectivity index is 1.65. The molecule has 1 N–H and O–H groups in total. The highest BCUT2D eigenvalue weighted by atomic mass is 16.5. The molecule has 0 spiro atoms. The van der Waals surface area contributed by atoms with Crippen molar-refractivity contribution in [3.8, 4) is 11.4 Å². The molecule has 5 heteroatoms. The third kappa shape index (κ3) is 2.18. The van der Waals surface area contributed by atoms with Crippen LogP contribution in [-0.4, -0.2) is 20.3 Å². The van der Waals surface area contributed by atoms with E-state index in [1.54, 1.807) is 0 Å². The number of aromatic nitrogens is 4. The van der Waals surface area contributed by atoms with Gasteiger partial charge in [0.15, 0.2) is 11.4 Å². The molecule has 0 aliphatic carbocycles. The van der Waals surface area contributed by atoms with Gasteiger partial charge in [0, 0.05) is 10.9 Å². The van der Waals surface area contributed by atoms with Gasteiger partial charge in [-0.25, -0.2) is 4.98 Å². The van der Waals surface area contributed by atoms with E-state index in [1.165, 1.54) is 0 Å². The molecule has 0 bridgehead atoms. The van der Waals surface area contributed by atoms with E-state index in [9.17, 15) is 0 Å². The largest absolute Gasteiger partial charge is 0.356 e. The lowest BCUT2D eigenvalue weighted by Crippen LogP contribution is -1.91. The number of para-hydroxylation sites is 1. The summed E-state index contributed by atoms with van der Waals surface area (Å²) in [6.07, 6.45) is 0.566. The van der Waals surface area contributed by atoms with E-state index < -0.39 is 0 Å². The van der Waals surface area contributed by atoms with Crippen molar-refractivity contribution in [3.63, 3.8) is 0 Å². The second-order valence-corrected chi connectivity index (χ2v) is 4.77. The van der Waals surface area contributed by atoms with E-state index in [-0.39, 0.29) is 0 Å². The molecule has 0 saturated heterocycles. The molecule has 2 heterocycles. The van der Waals surface area contributed by atoms with Crippen LogP contribution >= 0.6 is 0 Å². The molecule has 4 rings (SSSR count). The Bertz CT molecular complexity index is 879. The molecule has 0 aliphatic heterocycles. The summed E-state index contributed by atoms with van der Waals surface area (Å²) in [5.41, 5.74) is 2.64. The SMILES string of the molecule is c1ccc(-c2n[nH]c(Cc3noc4ccccc34)n2)cc1. The summed E-state index contributed by atoms with van der Waals surface area (Å²) in [5.74, 6) is 1.46. The summed E-state index contributed by atoms with van der Waals surface area (Å²) in [7, 11) is 0. The topological polar surface area (TPSA) is 67.6 Å². The summed E-state index contributed by atoms with van der Waals surface area (Å²) in [5, 5.41) is 12.3. The van der Waals surface area contributed by atoms with Crippen LogP contribution in [0.1, 0.15) is 11.5 Å². The minimum Gasteiger partial charge on any atom is -0.356 e. The van der Waals surface area contributed by atoms with E-state index in [0.717, 1.165) is 28.1 Å². The molecule has 2 aromatic heterocycles. The second kappa shape index (κ2) is 4.86. The second-order valence-electron chi connectivity index (χ2n) is 4.77. The number of nitrogens with one attached hydrogen (secondary N) is 1. The normalized spacial score (nSPS) is 11.0. The van der Waals surface area contributed by atoms with Crippen LogP contribution in [0.3, 0.4) is 0 Å². The van der Waals surface area contributed by atoms with E-state index in [0.29, 0.717) is 12.2 Å². The first kappa shape index (κ1) is 11.8. The number of H-pyrrole nitrogens is 1. The lowest BCUT2D eigenvalue weighted by atomic mass is 10.1. The van der Waals surface area contributed by atoms with Gasteiger partial charge in [-0.05, 0) is 12.1 Å². The number of hydrogen-bond acceptors (Lipinski definition) is 4. The van der Waals surface area contributed by atoms with E-state index in [2.05, 4.69) is 20.3 Å². The Kier molecular flexibility index (Phi) is 2.74. The number of fused-ring (bicyclic) bond motifs is 1. The highest BCUT2D eigenvalue weighted by Gasteiger charge is 2.11. The first-order valence-corrected chi connectivity index (χ1v) is 6.70. The average molecular weight is 276 g/mol. The monoisotopic (exact) mass is 276 g/mol. The van der Waals surface area contributed by atoms with Crippen molar-refractivity contribution in [2.75, 3.05) is 0 Å². The van der Waals surface area contributed by atoms with Gasteiger partial charge >= 0.3 is 0 Å². The summed E-state index contributed by atoms with van der Waals surface area (Å²) in [6.45, 7) is 0. The fraction of sp³-hybridized carbons (Fsp3) is 0.0625. The standard InChI is InChI=1S/C16H12N4O/c1-2-6-11(7-3-1)16-17-15(18-19-16)10-13-12-8-4-5-9-14(12)21-20-13/h1-9H,10H2,(H,17,18,19). The smallest absolute Gasteiger partial charge is 0.181 e. The summed E-state index contributed by atoms with van der Waals surface area (Å²) in [4.78, 5) is 4.51. The van der Waals surface area contributed by atoms with Crippen LogP contribution in [0.25, 0.3) is 22.4 Å². The van der Waals surface area contributed by atoms with Crippen molar-refractivity contribution in [2.24, 2.45) is 0 Å². The molecule has 102 valence electrons. The number of nitrogens with zero attached hydrogens (tertiary/aromatic N) is 3. The van der Waals surface area contributed by atoms with Gasteiger partial charge in [0.05, 0.1) is 12.1 Å². The van der Waals surface area contributed by atoms with Crippen molar-refractivity contribution in [1.82, 2.24) is 20.3 Å². The molecule has 0 amide bonds. The van der Waals surface area contributed by atoms with Gasteiger partial charge in [0.2, 0.25) is 0 Å². The van der Waals surface area contributed by atoms with Gasteiger partial charge in [-0.1, -0.05) is 47.6 Å². The average Bonchev–Trinajstić information content (AvgIpc) is 3.17. The zero-order valence-corrected chi connectivity index (χ0v) is 11.2. The molecular weight excluding hydrogens is 264 g/mol. The summed E-state index contributed by atoms with van der Waals surface area (Å²) in [6, 6.07) is 17.7. The predicted molar refractivity (Wildman–Crippen MR) is 78.6 cm³/mol. The first-order valence-electron chi connectivity index (χ1n) is 6.70. The maximum absolute atomic E-state index is 5.30. The van der Waals surface area contributed by atoms with Crippen molar-refractivity contribution in [2.45, 2.75) is 6.42 Å². The summed E-state index contributed by atoms with van der Waals surface area (Å²) < 4.78 is 5.30. The van der Waals surface area contributed by atoms with Crippen LogP contribution in [0.4, 0.5) is 0 Å². The number of rotatable bonds is 3. The predicted octanol–water partition coefficient (Wildman–Crippen LogP) is 3.20. The quantitative estimate of drug-likeness (QED) is 0.624. The zero-order chi connectivity index (χ0) is 14.1. The molecule has 0 unspecified atom stereocenters. The zero-order valence-electron chi connectivity index (χ0n) is 11.2. The number of aromatic amines is 1. The van der Waals surface area contributed by atoms with Crippen molar-refractivity contribution < 1.29 is 4.52 Å². The lowest BCUT2D eigenvalue weighted by Gasteiger charge is -1.93. The number of hydrogen-bond donors (Lipinski definition) is 1. The third-order valence-electron chi connectivity index (χ3n) is 3.35. The molecule has 0 saturated carbocycles. The van der Waals surface area contributed by atoms with Gasteiger partial charge in [-0.2, -0.15) is 5.10 Å². The summed E-state index contributed by atoms with van der Waals surface area (Å²) >= 11 is 0. The highest BCUT2D eigenvalue weighted by Crippen LogP contribution is 2.20. The van der Waals surface area contributed by atoms with Gasteiger partial charge in [0.1, 0.15) is 5.82 Å². The van der Waals surface area contributed by atoms with Gasteiger partial charge in [-0.15, -0.1) is 0 Å². The van der Waals surface area contributed by atoms with Crippen molar-refractivity contribution in [1.29, 1.82) is 0 Å². The minimum atomic E-state index is 0.566. The van der Waals surface area contributed by atoms with E-state index in [4.69, 9.17) is 4.52 Å². The van der Waals surface area contributed by atoms with Crippen LogP contribution in [0.5, 0.6) is 0 Å². The molecule has 4 aromatic rings. The Morgan fingerprint density at radius 1 is 0.952 bits per heavy atom. The van der Waals surface area contributed by atoms with Crippen LogP contribution in [0.2, 0.25) is 0 Å². The van der Waals surface area contributed by atoms with Crippen molar-refractivity contribution in [3.05, 3.63) is 66.1 Å². The van der Waals surface area contributed by atoms with Crippen LogP contribution in [0, 0.1) is 0 Å². The molecule has 0 atom stereocenters. The van der Waals surface area contributed by atoms with Gasteiger partial charge < -0.3 is 4.52 Å². The highest BCUT2D eigenvalue weighted by molar-refractivity contribution is 5.79. The molecule has 2 aromatic carbocycles. The minimum absolute atomic E-state index is 0.566. The molecule has 5 nitrogen and oxygen atoms in total. The van der Waals surface area contributed by atoms with Crippen molar-refractivity contribution >= 4 is 11.0 Å². The Labute approximate surface area is 120 Å². The maximum atomic E-state index is 5.30. The number of benzene rings is 2. The molecule has 0 aliphatic rings. The Morgan fingerprint density at radius 2 is 1.76 bits per heavy atom. The first-order chi connectivity index (χ1) is 10.4. The third-order valence-corrected chi connectivity index (χ3v) is 3.35.